The molecule has 0 bridgehead atoms. The molecule has 14 heavy (non-hydrogen) atoms. The van der Waals surface area contributed by atoms with Crippen LogP contribution in [0.5, 0.6) is 0 Å². The highest BCUT2D eigenvalue weighted by atomic mass is 35.5. The molecule has 0 saturated carbocycles. The van der Waals surface area contributed by atoms with E-state index in [1.807, 2.05) is 29.2 Å². The van der Waals surface area contributed by atoms with Crippen molar-refractivity contribution in [2.75, 3.05) is 18.0 Å². The summed E-state index contributed by atoms with van der Waals surface area (Å²) in [6, 6.07) is 7.76. The molecule has 1 aliphatic heterocycles. The van der Waals surface area contributed by atoms with Gasteiger partial charge in [0.05, 0.1) is 10.7 Å². The maximum absolute atomic E-state index is 6.09. The van der Waals surface area contributed by atoms with Gasteiger partial charge in [0.2, 0.25) is 0 Å². The molecule has 1 saturated heterocycles. The molecule has 0 atom stereocenters. The van der Waals surface area contributed by atoms with Gasteiger partial charge in [-0.3, -0.25) is 0 Å². The zero-order chi connectivity index (χ0) is 9.97. The fourth-order valence-corrected chi connectivity index (χ4v) is 2.06. The van der Waals surface area contributed by atoms with Gasteiger partial charge in [-0.05, 0) is 30.8 Å². The van der Waals surface area contributed by atoms with Gasteiger partial charge in [0, 0.05) is 13.1 Å². The Bertz CT molecular complexity index is 354. The fourth-order valence-electron chi connectivity index (χ4n) is 1.53. The van der Waals surface area contributed by atoms with Crippen LogP contribution in [0.1, 0.15) is 6.42 Å². The van der Waals surface area contributed by atoms with Gasteiger partial charge in [0.1, 0.15) is 0 Å². The number of thiocarbonyl (C=S) groups is 1. The van der Waals surface area contributed by atoms with E-state index in [1.54, 1.807) is 0 Å². The van der Waals surface area contributed by atoms with Crippen molar-refractivity contribution in [1.82, 2.24) is 5.32 Å². The van der Waals surface area contributed by atoms with Gasteiger partial charge in [-0.15, -0.1) is 0 Å². The van der Waals surface area contributed by atoms with Gasteiger partial charge in [-0.1, -0.05) is 23.7 Å². The standard InChI is InChI=1S/C10H11ClN2S/c11-8-4-1-2-5-9(8)13-7-3-6-12-10(13)14/h1-2,4-5H,3,6-7H2,(H,12,14). The normalized spacial score (nSPS) is 16.6. The van der Waals surface area contributed by atoms with Crippen LogP contribution < -0.4 is 10.2 Å². The lowest BCUT2D eigenvalue weighted by atomic mass is 10.2. The Balaban J connectivity index is 2.29. The molecule has 1 N–H and O–H groups in total. The van der Waals surface area contributed by atoms with Crippen LogP contribution in [0.4, 0.5) is 5.69 Å². The Hall–Kier alpha value is -0.800. The third-order valence-corrected chi connectivity index (χ3v) is 2.91. The highest BCUT2D eigenvalue weighted by Crippen LogP contribution is 2.26. The van der Waals surface area contributed by atoms with E-state index in [0.29, 0.717) is 0 Å². The first-order chi connectivity index (χ1) is 6.79. The summed E-state index contributed by atoms with van der Waals surface area (Å²) in [4.78, 5) is 2.04. The molecule has 2 rings (SSSR count). The lowest BCUT2D eigenvalue weighted by molar-refractivity contribution is 0.723. The van der Waals surface area contributed by atoms with Crippen molar-refractivity contribution in [3.05, 3.63) is 29.3 Å². The first-order valence-electron chi connectivity index (χ1n) is 4.59. The monoisotopic (exact) mass is 226 g/mol. The second kappa shape index (κ2) is 4.15. The number of nitrogens with zero attached hydrogens (tertiary/aromatic N) is 1. The molecule has 0 spiro atoms. The van der Waals surface area contributed by atoms with Gasteiger partial charge in [0.15, 0.2) is 5.11 Å². The molecular weight excluding hydrogens is 216 g/mol. The number of anilines is 1. The number of rotatable bonds is 1. The van der Waals surface area contributed by atoms with Crippen LogP contribution in [0, 0.1) is 0 Å². The van der Waals surface area contributed by atoms with Gasteiger partial charge in [-0.2, -0.15) is 0 Å². The van der Waals surface area contributed by atoms with Crippen LogP contribution in [-0.4, -0.2) is 18.2 Å². The molecule has 0 aliphatic carbocycles. The molecule has 1 aromatic carbocycles. The Kier molecular flexibility index (Phi) is 2.89. The summed E-state index contributed by atoms with van der Waals surface area (Å²) in [5, 5.41) is 4.67. The zero-order valence-electron chi connectivity index (χ0n) is 7.66. The van der Waals surface area contributed by atoms with E-state index in [9.17, 15) is 0 Å². The van der Waals surface area contributed by atoms with E-state index in [4.69, 9.17) is 23.8 Å². The molecular formula is C10H11ClN2S. The largest absolute Gasteiger partial charge is 0.362 e. The van der Waals surface area contributed by atoms with Crippen LogP contribution in [0.3, 0.4) is 0 Å². The summed E-state index contributed by atoms with van der Waals surface area (Å²) in [6.07, 6.45) is 1.09. The molecule has 0 unspecified atom stereocenters. The molecule has 4 heteroatoms. The maximum atomic E-state index is 6.09. The summed E-state index contributed by atoms with van der Waals surface area (Å²) in [6.45, 7) is 1.90. The van der Waals surface area contributed by atoms with Crippen LogP contribution in [0.2, 0.25) is 5.02 Å². The van der Waals surface area contributed by atoms with Crippen molar-refractivity contribution < 1.29 is 0 Å². The average Bonchev–Trinajstić information content (AvgIpc) is 2.20. The summed E-state index contributed by atoms with van der Waals surface area (Å²) >= 11 is 11.3. The summed E-state index contributed by atoms with van der Waals surface area (Å²) < 4.78 is 0. The third kappa shape index (κ3) is 1.83. The van der Waals surface area contributed by atoms with E-state index in [0.717, 1.165) is 35.3 Å². The minimum Gasteiger partial charge on any atom is -0.362 e. The molecule has 1 fully saturated rings. The maximum Gasteiger partial charge on any atom is 0.173 e. The van der Waals surface area contributed by atoms with Gasteiger partial charge >= 0.3 is 0 Å². The summed E-state index contributed by atoms with van der Waals surface area (Å²) in [5.41, 5.74) is 0.992. The molecule has 1 aliphatic rings. The van der Waals surface area contributed by atoms with Crippen LogP contribution in [0.25, 0.3) is 0 Å². The van der Waals surface area contributed by atoms with Crippen LogP contribution in [-0.2, 0) is 0 Å². The molecule has 74 valence electrons. The Labute approximate surface area is 93.9 Å². The van der Waals surface area contributed by atoms with E-state index >= 15 is 0 Å². The highest BCUT2D eigenvalue weighted by Gasteiger charge is 2.17. The van der Waals surface area contributed by atoms with Gasteiger partial charge in [-0.25, -0.2) is 0 Å². The second-order valence-electron chi connectivity index (χ2n) is 3.19. The average molecular weight is 227 g/mol. The minimum atomic E-state index is 0.749. The van der Waals surface area contributed by atoms with E-state index in [2.05, 4.69) is 5.32 Å². The minimum absolute atomic E-state index is 0.749. The molecule has 0 radical (unpaired) electrons. The highest BCUT2D eigenvalue weighted by molar-refractivity contribution is 7.80. The molecule has 0 aromatic heterocycles. The summed E-state index contributed by atoms with van der Waals surface area (Å²) in [5.74, 6) is 0. The Morgan fingerprint density at radius 1 is 1.36 bits per heavy atom. The van der Waals surface area contributed by atoms with Crippen molar-refractivity contribution in [2.45, 2.75) is 6.42 Å². The fraction of sp³-hybridized carbons (Fsp3) is 0.300. The van der Waals surface area contributed by atoms with Crippen LogP contribution in [0.15, 0.2) is 24.3 Å². The van der Waals surface area contributed by atoms with Crippen molar-refractivity contribution >= 4 is 34.6 Å². The van der Waals surface area contributed by atoms with Gasteiger partial charge in [0.25, 0.3) is 0 Å². The first kappa shape index (κ1) is 9.74. The van der Waals surface area contributed by atoms with E-state index in [-0.39, 0.29) is 0 Å². The van der Waals surface area contributed by atoms with E-state index < -0.39 is 0 Å². The number of benzene rings is 1. The number of nitrogens with one attached hydrogen (secondary N) is 1. The Morgan fingerprint density at radius 3 is 2.86 bits per heavy atom. The number of para-hydroxylation sites is 1. The predicted octanol–water partition coefficient (Wildman–Crippen LogP) is 2.42. The molecule has 1 aromatic rings. The molecule has 0 amide bonds. The lowest BCUT2D eigenvalue weighted by Crippen LogP contribution is -2.46. The number of halogens is 1. The lowest BCUT2D eigenvalue weighted by Gasteiger charge is -2.30. The SMILES string of the molecule is S=C1NCCCN1c1ccccc1Cl. The zero-order valence-corrected chi connectivity index (χ0v) is 9.24. The number of hydrogen-bond donors (Lipinski definition) is 1. The molecule has 2 nitrogen and oxygen atoms in total. The summed E-state index contributed by atoms with van der Waals surface area (Å²) in [7, 11) is 0. The number of hydrogen-bond acceptors (Lipinski definition) is 1. The van der Waals surface area contributed by atoms with Crippen LogP contribution >= 0.6 is 23.8 Å². The quantitative estimate of drug-likeness (QED) is 0.741. The Morgan fingerprint density at radius 2 is 2.14 bits per heavy atom. The van der Waals surface area contributed by atoms with Crippen molar-refractivity contribution in [1.29, 1.82) is 0 Å². The topological polar surface area (TPSA) is 15.3 Å². The first-order valence-corrected chi connectivity index (χ1v) is 5.37. The predicted molar refractivity (Wildman–Crippen MR) is 64.0 cm³/mol. The van der Waals surface area contributed by atoms with E-state index in [1.165, 1.54) is 0 Å². The third-order valence-electron chi connectivity index (χ3n) is 2.22. The smallest absolute Gasteiger partial charge is 0.173 e. The van der Waals surface area contributed by atoms with Gasteiger partial charge < -0.3 is 10.2 Å². The molecule has 1 heterocycles. The van der Waals surface area contributed by atoms with Crippen molar-refractivity contribution in [3.8, 4) is 0 Å². The second-order valence-corrected chi connectivity index (χ2v) is 3.98. The van der Waals surface area contributed by atoms with Crippen molar-refractivity contribution in [2.24, 2.45) is 0 Å². The van der Waals surface area contributed by atoms with Crippen molar-refractivity contribution in [3.63, 3.8) is 0 Å².